The summed E-state index contributed by atoms with van der Waals surface area (Å²) >= 11 is 0. The molecule has 0 aromatic carbocycles. The molecule has 1 fully saturated rings. The largest absolute Gasteiger partial charge is 0.377 e. The first kappa shape index (κ1) is 9.01. The van der Waals surface area contributed by atoms with Gasteiger partial charge in [0.2, 0.25) is 0 Å². The van der Waals surface area contributed by atoms with Crippen LogP contribution in [-0.4, -0.2) is 25.3 Å². The molecular weight excluding hydrogens is 138 g/mol. The van der Waals surface area contributed by atoms with Gasteiger partial charge in [0.25, 0.3) is 0 Å². The molecule has 0 radical (unpaired) electrons. The van der Waals surface area contributed by atoms with Crippen LogP contribution in [0.1, 0.15) is 27.2 Å². The van der Waals surface area contributed by atoms with Gasteiger partial charge >= 0.3 is 0 Å². The molecule has 0 spiro atoms. The lowest BCUT2D eigenvalue weighted by molar-refractivity contribution is 0.0481. The van der Waals surface area contributed by atoms with Crippen LogP contribution in [0.4, 0.5) is 0 Å². The van der Waals surface area contributed by atoms with E-state index in [1.165, 1.54) is 0 Å². The monoisotopic (exact) mass is 157 g/mol. The smallest absolute Gasteiger partial charge is 0.0697 e. The normalized spacial score (nSPS) is 40.1. The number of rotatable bonds is 1. The average Bonchev–Trinajstić information content (AvgIpc) is 2.16. The van der Waals surface area contributed by atoms with E-state index in [0.717, 1.165) is 19.6 Å². The second-order valence-electron chi connectivity index (χ2n) is 3.54. The molecule has 2 nitrogen and oxygen atoms in total. The topological polar surface area (TPSA) is 21.3 Å². The Kier molecular flexibility index (Phi) is 3.34. The van der Waals surface area contributed by atoms with Crippen LogP contribution in [0.2, 0.25) is 0 Å². The average molecular weight is 157 g/mol. The quantitative estimate of drug-likeness (QED) is 0.621. The van der Waals surface area contributed by atoms with Crippen molar-refractivity contribution in [1.29, 1.82) is 0 Å². The Bertz CT molecular complexity index is 104. The number of hydrogen-bond donors (Lipinski definition) is 1. The number of nitrogens with one attached hydrogen (secondary N) is 1. The molecule has 3 atom stereocenters. The van der Waals surface area contributed by atoms with Gasteiger partial charge in [-0.2, -0.15) is 0 Å². The van der Waals surface area contributed by atoms with Crippen LogP contribution in [-0.2, 0) is 4.74 Å². The van der Waals surface area contributed by atoms with E-state index in [9.17, 15) is 0 Å². The molecule has 3 unspecified atom stereocenters. The molecule has 1 aliphatic heterocycles. The Balaban J connectivity index is 2.38. The van der Waals surface area contributed by atoms with Crippen LogP contribution >= 0.6 is 0 Å². The van der Waals surface area contributed by atoms with Crippen LogP contribution in [0, 0.1) is 5.92 Å². The summed E-state index contributed by atoms with van der Waals surface area (Å²) in [4.78, 5) is 0. The molecule has 11 heavy (non-hydrogen) atoms. The lowest BCUT2D eigenvalue weighted by Crippen LogP contribution is -2.33. The van der Waals surface area contributed by atoms with Gasteiger partial charge in [0.1, 0.15) is 0 Å². The van der Waals surface area contributed by atoms with Crippen molar-refractivity contribution in [2.45, 2.75) is 39.3 Å². The second-order valence-corrected chi connectivity index (χ2v) is 3.54. The van der Waals surface area contributed by atoms with Crippen LogP contribution in [0.25, 0.3) is 0 Å². The van der Waals surface area contributed by atoms with Gasteiger partial charge in [0.15, 0.2) is 0 Å². The highest BCUT2D eigenvalue weighted by molar-refractivity contribution is 4.74. The summed E-state index contributed by atoms with van der Waals surface area (Å²) in [5, 5.41) is 3.47. The summed E-state index contributed by atoms with van der Waals surface area (Å²) in [7, 11) is 0. The van der Waals surface area contributed by atoms with Crippen molar-refractivity contribution in [3.63, 3.8) is 0 Å². The van der Waals surface area contributed by atoms with E-state index in [0.29, 0.717) is 18.1 Å². The van der Waals surface area contributed by atoms with Gasteiger partial charge in [-0.05, 0) is 19.3 Å². The van der Waals surface area contributed by atoms with E-state index in [2.05, 4.69) is 26.1 Å². The molecule has 0 aromatic rings. The van der Waals surface area contributed by atoms with Crippen molar-refractivity contribution in [3.8, 4) is 0 Å². The van der Waals surface area contributed by atoms with E-state index < -0.39 is 0 Å². The minimum Gasteiger partial charge on any atom is -0.377 e. The fraction of sp³-hybridized carbons (Fsp3) is 1.00. The molecule has 0 saturated carbocycles. The van der Waals surface area contributed by atoms with Crippen LogP contribution < -0.4 is 5.32 Å². The fourth-order valence-corrected chi connectivity index (χ4v) is 1.27. The van der Waals surface area contributed by atoms with E-state index in [-0.39, 0.29) is 0 Å². The van der Waals surface area contributed by atoms with Crippen LogP contribution in [0.15, 0.2) is 0 Å². The summed E-state index contributed by atoms with van der Waals surface area (Å²) in [5.41, 5.74) is 0. The van der Waals surface area contributed by atoms with Gasteiger partial charge in [0, 0.05) is 12.6 Å². The molecule has 0 bridgehead atoms. The molecule has 1 rings (SSSR count). The van der Waals surface area contributed by atoms with Crippen LogP contribution in [0.3, 0.4) is 0 Å². The van der Waals surface area contributed by atoms with E-state index in [1.807, 2.05) is 0 Å². The third-order valence-electron chi connectivity index (χ3n) is 2.57. The Hall–Kier alpha value is -0.0800. The lowest BCUT2D eigenvalue weighted by Gasteiger charge is -2.15. The maximum atomic E-state index is 5.67. The van der Waals surface area contributed by atoms with Crippen molar-refractivity contribution in [3.05, 3.63) is 0 Å². The maximum absolute atomic E-state index is 5.67. The highest BCUT2D eigenvalue weighted by atomic mass is 16.5. The first-order chi connectivity index (χ1) is 5.24. The van der Waals surface area contributed by atoms with Gasteiger partial charge in [-0.3, -0.25) is 0 Å². The summed E-state index contributed by atoms with van der Waals surface area (Å²) < 4.78 is 5.67. The van der Waals surface area contributed by atoms with Crippen LogP contribution in [0.5, 0.6) is 0 Å². The van der Waals surface area contributed by atoms with Gasteiger partial charge < -0.3 is 10.1 Å². The Labute approximate surface area is 69.3 Å². The van der Waals surface area contributed by atoms with Crippen molar-refractivity contribution in [1.82, 2.24) is 5.32 Å². The summed E-state index contributed by atoms with van der Waals surface area (Å²) in [6.45, 7) is 8.56. The van der Waals surface area contributed by atoms with E-state index >= 15 is 0 Å². The number of ether oxygens (including phenoxy) is 1. The van der Waals surface area contributed by atoms with Gasteiger partial charge in [-0.25, -0.2) is 0 Å². The molecule has 1 aliphatic rings. The van der Waals surface area contributed by atoms with Gasteiger partial charge in [-0.15, -0.1) is 0 Å². The minimum atomic E-state index is 0.433. The number of hydrogen-bond acceptors (Lipinski definition) is 2. The molecule has 0 amide bonds. The first-order valence-electron chi connectivity index (χ1n) is 4.59. The zero-order valence-electron chi connectivity index (χ0n) is 7.76. The predicted molar refractivity (Wildman–Crippen MR) is 46.7 cm³/mol. The second kappa shape index (κ2) is 4.07. The Morgan fingerprint density at radius 3 is 2.82 bits per heavy atom. The summed E-state index contributed by atoms with van der Waals surface area (Å²) in [5.74, 6) is 0.645. The third kappa shape index (κ3) is 2.46. The molecule has 1 heterocycles. The first-order valence-corrected chi connectivity index (χ1v) is 4.59. The fourth-order valence-electron chi connectivity index (χ4n) is 1.27. The van der Waals surface area contributed by atoms with Crippen molar-refractivity contribution in [2.24, 2.45) is 5.92 Å². The molecule has 66 valence electrons. The summed E-state index contributed by atoms with van der Waals surface area (Å²) in [6.07, 6.45) is 1.55. The molecule has 1 saturated heterocycles. The maximum Gasteiger partial charge on any atom is 0.0697 e. The predicted octanol–water partition coefficient (Wildman–Crippen LogP) is 1.41. The molecule has 1 N–H and O–H groups in total. The van der Waals surface area contributed by atoms with Crippen molar-refractivity contribution in [2.75, 3.05) is 13.2 Å². The van der Waals surface area contributed by atoms with Crippen molar-refractivity contribution >= 4 is 0 Å². The molecule has 0 aromatic heterocycles. The lowest BCUT2D eigenvalue weighted by atomic mass is 10.1. The molecular formula is C9H19NO. The zero-order chi connectivity index (χ0) is 8.27. The standard InChI is InChI=1S/C9H19NO/c1-4-9-5-10-8(3)7(2)6-11-9/h7-10H,4-6H2,1-3H3. The van der Waals surface area contributed by atoms with E-state index in [4.69, 9.17) is 4.74 Å². The van der Waals surface area contributed by atoms with Gasteiger partial charge in [-0.1, -0.05) is 13.8 Å². The van der Waals surface area contributed by atoms with Gasteiger partial charge in [0.05, 0.1) is 12.7 Å². The highest BCUT2D eigenvalue weighted by Crippen LogP contribution is 2.10. The van der Waals surface area contributed by atoms with Crippen molar-refractivity contribution < 1.29 is 4.74 Å². The Morgan fingerprint density at radius 1 is 1.45 bits per heavy atom. The summed E-state index contributed by atoms with van der Waals surface area (Å²) in [6, 6.07) is 0.603. The zero-order valence-corrected chi connectivity index (χ0v) is 7.76. The highest BCUT2D eigenvalue weighted by Gasteiger charge is 2.19. The SMILES string of the molecule is CCC1CNC(C)C(C)CO1. The Morgan fingerprint density at radius 2 is 2.18 bits per heavy atom. The minimum absolute atomic E-state index is 0.433. The molecule has 0 aliphatic carbocycles. The molecule has 2 heteroatoms. The third-order valence-corrected chi connectivity index (χ3v) is 2.57. The van der Waals surface area contributed by atoms with E-state index in [1.54, 1.807) is 0 Å².